The zero-order valence-corrected chi connectivity index (χ0v) is 9.79. The van der Waals surface area contributed by atoms with Crippen molar-refractivity contribution in [1.29, 1.82) is 0 Å². The van der Waals surface area contributed by atoms with Crippen molar-refractivity contribution in [3.63, 3.8) is 0 Å². The Bertz CT molecular complexity index is 331. The van der Waals surface area contributed by atoms with Crippen molar-refractivity contribution in [2.75, 3.05) is 5.73 Å². The van der Waals surface area contributed by atoms with E-state index in [0.29, 0.717) is 5.41 Å². The quantitative estimate of drug-likeness (QED) is 0.687. The maximum absolute atomic E-state index is 5.82. The fourth-order valence-corrected chi connectivity index (χ4v) is 2.55. The molecule has 2 N–H and O–H groups in total. The van der Waals surface area contributed by atoms with Crippen molar-refractivity contribution in [2.24, 2.45) is 5.41 Å². The van der Waals surface area contributed by atoms with E-state index in [2.05, 4.69) is 32.0 Å². The smallest absolute Gasteiger partial charge is 0.0316 e. The Labute approximate surface area is 92.7 Å². The summed E-state index contributed by atoms with van der Waals surface area (Å²) < 4.78 is 0. The molecule has 0 bridgehead atoms. The van der Waals surface area contributed by atoms with Crippen molar-refractivity contribution in [2.45, 2.75) is 45.4 Å². The van der Waals surface area contributed by atoms with Crippen LogP contribution < -0.4 is 5.73 Å². The standard InChI is InChI=1S/C14H21N/c1-14(2)8-6-11(7-9-14)12-4-3-5-13(15)10-12/h3-5,10-11H,6-9,15H2,1-2H3. The lowest BCUT2D eigenvalue weighted by molar-refractivity contribution is 0.224. The summed E-state index contributed by atoms with van der Waals surface area (Å²) in [6.07, 6.45) is 5.31. The van der Waals surface area contributed by atoms with E-state index >= 15 is 0 Å². The van der Waals surface area contributed by atoms with Crippen molar-refractivity contribution in [1.82, 2.24) is 0 Å². The third-order valence-electron chi connectivity index (χ3n) is 3.72. The molecule has 1 aliphatic carbocycles. The van der Waals surface area contributed by atoms with E-state index in [1.165, 1.54) is 31.2 Å². The second-order valence-electron chi connectivity index (χ2n) is 5.61. The molecule has 1 nitrogen and oxygen atoms in total. The molecule has 1 aliphatic rings. The van der Waals surface area contributed by atoms with E-state index < -0.39 is 0 Å². The third-order valence-corrected chi connectivity index (χ3v) is 3.72. The molecule has 0 aliphatic heterocycles. The van der Waals surface area contributed by atoms with Crippen molar-refractivity contribution >= 4 is 5.69 Å². The predicted octanol–water partition coefficient (Wildman–Crippen LogP) is 3.95. The highest BCUT2D eigenvalue weighted by molar-refractivity contribution is 5.41. The van der Waals surface area contributed by atoms with Gasteiger partial charge in [0.1, 0.15) is 0 Å². The van der Waals surface area contributed by atoms with Crippen LogP contribution in [0.4, 0.5) is 5.69 Å². The van der Waals surface area contributed by atoms with Gasteiger partial charge >= 0.3 is 0 Å². The average Bonchev–Trinajstić information content (AvgIpc) is 2.17. The predicted molar refractivity (Wildman–Crippen MR) is 65.8 cm³/mol. The monoisotopic (exact) mass is 203 g/mol. The van der Waals surface area contributed by atoms with E-state index in [-0.39, 0.29) is 0 Å². The lowest BCUT2D eigenvalue weighted by Crippen LogP contribution is -2.20. The summed E-state index contributed by atoms with van der Waals surface area (Å²) in [5.41, 5.74) is 8.71. The normalized spacial score (nSPS) is 21.5. The third kappa shape index (κ3) is 2.53. The molecule has 0 aromatic heterocycles. The van der Waals surface area contributed by atoms with Crippen LogP contribution in [-0.2, 0) is 0 Å². The SMILES string of the molecule is CC1(C)CCC(c2cccc(N)c2)CC1. The number of rotatable bonds is 1. The summed E-state index contributed by atoms with van der Waals surface area (Å²) in [5.74, 6) is 0.738. The van der Waals surface area contributed by atoms with Gasteiger partial charge in [0.05, 0.1) is 0 Å². The molecular formula is C14H21N. The maximum atomic E-state index is 5.82. The van der Waals surface area contributed by atoms with Crippen LogP contribution in [0.3, 0.4) is 0 Å². The minimum absolute atomic E-state index is 0.552. The summed E-state index contributed by atoms with van der Waals surface area (Å²) in [5, 5.41) is 0. The molecule has 1 aromatic rings. The topological polar surface area (TPSA) is 26.0 Å². The Hall–Kier alpha value is -0.980. The van der Waals surface area contributed by atoms with Gasteiger partial charge in [-0.15, -0.1) is 0 Å². The first-order valence-electron chi connectivity index (χ1n) is 5.92. The van der Waals surface area contributed by atoms with Crippen LogP contribution in [0.25, 0.3) is 0 Å². The number of hydrogen-bond donors (Lipinski definition) is 1. The second kappa shape index (κ2) is 3.88. The van der Waals surface area contributed by atoms with Gasteiger partial charge in [0.25, 0.3) is 0 Å². The molecule has 1 fully saturated rings. The molecular weight excluding hydrogens is 182 g/mol. The molecule has 0 unspecified atom stereocenters. The highest BCUT2D eigenvalue weighted by atomic mass is 14.5. The molecule has 15 heavy (non-hydrogen) atoms. The number of anilines is 1. The number of benzene rings is 1. The lowest BCUT2D eigenvalue weighted by atomic mass is 9.71. The molecule has 0 radical (unpaired) electrons. The molecule has 0 amide bonds. The Kier molecular flexibility index (Phi) is 2.72. The Morgan fingerprint density at radius 1 is 1.20 bits per heavy atom. The molecule has 0 saturated heterocycles. The van der Waals surface area contributed by atoms with Gasteiger partial charge in [0, 0.05) is 5.69 Å². The van der Waals surface area contributed by atoms with Gasteiger partial charge in [0.15, 0.2) is 0 Å². The summed E-state index contributed by atoms with van der Waals surface area (Å²) in [6, 6.07) is 8.41. The van der Waals surface area contributed by atoms with E-state index in [1.54, 1.807) is 0 Å². The van der Waals surface area contributed by atoms with Crippen LogP contribution in [0.15, 0.2) is 24.3 Å². The molecule has 2 rings (SSSR count). The van der Waals surface area contributed by atoms with Crippen LogP contribution in [-0.4, -0.2) is 0 Å². The molecule has 0 spiro atoms. The minimum atomic E-state index is 0.552. The highest BCUT2D eigenvalue weighted by Crippen LogP contribution is 2.42. The summed E-state index contributed by atoms with van der Waals surface area (Å²) >= 11 is 0. The van der Waals surface area contributed by atoms with Crippen LogP contribution in [0.1, 0.15) is 51.0 Å². The lowest BCUT2D eigenvalue weighted by Gasteiger charge is -2.34. The first-order chi connectivity index (χ1) is 7.07. The largest absolute Gasteiger partial charge is 0.399 e. The Morgan fingerprint density at radius 3 is 2.47 bits per heavy atom. The van der Waals surface area contributed by atoms with Crippen LogP contribution in [0, 0.1) is 5.41 Å². The van der Waals surface area contributed by atoms with Gasteiger partial charge in [-0.25, -0.2) is 0 Å². The molecule has 82 valence electrons. The summed E-state index contributed by atoms with van der Waals surface area (Å²) in [4.78, 5) is 0. The minimum Gasteiger partial charge on any atom is -0.399 e. The average molecular weight is 203 g/mol. The van der Waals surface area contributed by atoms with Gasteiger partial charge in [-0.3, -0.25) is 0 Å². The van der Waals surface area contributed by atoms with Crippen LogP contribution >= 0.6 is 0 Å². The van der Waals surface area contributed by atoms with Crippen molar-refractivity contribution in [3.05, 3.63) is 29.8 Å². The van der Waals surface area contributed by atoms with E-state index in [4.69, 9.17) is 5.73 Å². The van der Waals surface area contributed by atoms with Crippen LogP contribution in [0.2, 0.25) is 0 Å². The van der Waals surface area contributed by atoms with E-state index in [0.717, 1.165) is 11.6 Å². The fourth-order valence-electron chi connectivity index (χ4n) is 2.55. The first kappa shape index (κ1) is 10.5. The fraction of sp³-hybridized carbons (Fsp3) is 0.571. The molecule has 0 atom stereocenters. The van der Waals surface area contributed by atoms with Gasteiger partial charge < -0.3 is 5.73 Å². The van der Waals surface area contributed by atoms with E-state index in [1.807, 2.05) is 6.07 Å². The maximum Gasteiger partial charge on any atom is 0.0316 e. The zero-order valence-electron chi connectivity index (χ0n) is 9.79. The molecule has 1 heteroatoms. The summed E-state index contributed by atoms with van der Waals surface area (Å²) in [6.45, 7) is 4.76. The highest BCUT2D eigenvalue weighted by Gasteiger charge is 2.27. The second-order valence-corrected chi connectivity index (χ2v) is 5.61. The zero-order chi connectivity index (χ0) is 10.9. The van der Waals surface area contributed by atoms with Crippen LogP contribution in [0.5, 0.6) is 0 Å². The Morgan fingerprint density at radius 2 is 1.87 bits per heavy atom. The van der Waals surface area contributed by atoms with Crippen molar-refractivity contribution in [3.8, 4) is 0 Å². The Balaban J connectivity index is 2.08. The van der Waals surface area contributed by atoms with E-state index in [9.17, 15) is 0 Å². The molecule has 1 saturated carbocycles. The van der Waals surface area contributed by atoms with Crippen molar-refractivity contribution < 1.29 is 0 Å². The molecule has 1 aromatic carbocycles. The number of nitrogens with two attached hydrogens (primary N) is 1. The van der Waals surface area contributed by atoms with Gasteiger partial charge in [0.2, 0.25) is 0 Å². The number of nitrogen functional groups attached to an aromatic ring is 1. The van der Waals surface area contributed by atoms with Gasteiger partial charge in [-0.2, -0.15) is 0 Å². The molecule has 0 heterocycles. The first-order valence-corrected chi connectivity index (χ1v) is 5.92. The summed E-state index contributed by atoms with van der Waals surface area (Å²) in [7, 11) is 0. The van der Waals surface area contributed by atoms with Gasteiger partial charge in [-0.1, -0.05) is 26.0 Å². The number of hydrogen-bond acceptors (Lipinski definition) is 1. The van der Waals surface area contributed by atoms with Gasteiger partial charge in [-0.05, 0) is 54.7 Å².